The standard InChI is InChI=1S/C49H42OSi.2ClH.Zr/c1-49(47-30-15-28-43-41-26-13-11-18-36(41)34-45(43)47,48-31-16-29-44-42-27-14-12-19-37(42)35-46(44)48)32-17-33-50-51(38-20-5-2-6-21-38,39-22-7-3-8-23-39)40-24-9-4-10-25-40;;;/h2-16,18-31H,17,32-35H2,1H3;2*1H;/q;;;+2/p-2. The zero-order valence-electron chi connectivity index (χ0n) is 30.4. The molecule has 2 aliphatic rings. The summed E-state index contributed by atoms with van der Waals surface area (Å²) in [5.74, 6) is 0. The van der Waals surface area contributed by atoms with Crippen LogP contribution in [0.5, 0.6) is 0 Å². The second kappa shape index (κ2) is 16.9. The Kier molecular flexibility index (Phi) is 12.5. The number of rotatable bonds is 10. The Balaban J connectivity index is 0.00000166. The van der Waals surface area contributed by atoms with Gasteiger partial charge in [-0.2, -0.15) is 0 Å². The second-order valence-electron chi connectivity index (χ2n) is 14.4. The van der Waals surface area contributed by atoms with E-state index >= 15 is 0 Å². The van der Waals surface area contributed by atoms with E-state index in [0.29, 0.717) is 6.61 Å². The molecule has 0 heterocycles. The molecule has 0 fully saturated rings. The van der Waals surface area contributed by atoms with Gasteiger partial charge < -0.3 is 29.2 Å². The van der Waals surface area contributed by atoms with E-state index in [0.717, 1.165) is 25.7 Å². The minimum atomic E-state index is -2.80. The zero-order valence-corrected chi connectivity index (χ0v) is 35.4. The van der Waals surface area contributed by atoms with E-state index in [9.17, 15) is 0 Å². The van der Waals surface area contributed by atoms with Crippen LogP contribution in [-0.2, 0) is 48.9 Å². The van der Waals surface area contributed by atoms with Gasteiger partial charge in [0.15, 0.2) is 0 Å². The first-order valence-electron chi connectivity index (χ1n) is 18.4. The first-order valence-corrected chi connectivity index (χ1v) is 20.3. The summed E-state index contributed by atoms with van der Waals surface area (Å²) in [5, 5.41) is 3.84. The molecule has 0 saturated carbocycles. The zero-order chi connectivity index (χ0) is 34.3. The third-order valence-electron chi connectivity index (χ3n) is 11.6. The van der Waals surface area contributed by atoms with Crippen LogP contribution in [0.1, 0.15) is 53.1 Å². The van der Waals surface area contributed by atoms with Crippen LogP contribution in [0.15, 0.2) is 176 Å². The van der Waals surface area contributed by atoms with Gasteiger partial charge in [0.05, 0.1) is 0 Å². The number of hydrogen-bond donors (Lipinski definition) is 0. The Morgan fingerprint density at radius 1 is 0.463 bits per heavy atom. The van der Waals surface area contributed by atoms with Crippen molar-refractivity contribution in [1.82, 2.24) is 0 Å². The van der Waals surface area contributed by atoms with Gasteiger partial charge in [0.2, 0.25) is 0 Å². The smallest absolute Gasteiger partial charge is 1.00 e. The van der Waals surface area contributed by atoms with Gasteiger partial charge >= 0.3 is 26.2 Å². The van der Waals surface area contributed by atoms with Crippen molar-refractivity contribution >= 4 is 23.9 Å². The van der Waals surface area contributed by atoms with Crippen LogP contribution >= 0.6 is 0 Å². The summed E-state index contributed by atoms with van der Waals surface area (Å²) in [4.78, 5) is 0. The summed E-state index contributed by atoms with van der Waals surface area (Å²) in [6, 6.07) is 64.9. The van der Waals surface area contributed by atoms with Crippen molar-refractivity contribution in [2.24, 2.45) is 0 Å². The summed E-state index contributed by atoms with van der Waals surface area (Å²) in [6.07, 6.45) is 3.88. The summed E-state index contributed by atoms with van der Waals surface area (Å²) >= 11 is 0. The van der Waals surface area contributed by atoms with Crippen LogP contribution in [-0.4, -0.2) is 14.9 Å². The van der Waals surface area contributed by atoms with E-state index in [4.69, 9.17) is 4.43 Å². The van der Waals surface area contributed by atoms with Crippen LogP contribution in [0.4, 0.5) is 0 Å². The predicted molar refractivity (Wildman–Crippen MR) is 215 cm³/mol. The van der Waals surface area contributed by atoms with Gasteiger partial charge in [-0.25, -0.2) is 0 Å². The van der Waals surface area contributed by atoms with Gasteiger partial charge in [0.1, 0.15) is 0 Å². The minimum absolute atomic E-state index is 0. The van der Waals surface area contributed by atoms with Crippen molar-refractivity contribution in [3.63, 3.8) is 0 Å². The third kappa shape index (κ3) is 6.84. The largest absolute Gasteiger partial charge is 2.00 e. The van der Waals surface area contributed by atoms with Gasteiger partial charge in [-0.05, 0) is 96.9 Å². The molecule has 54 heavy (non-hydrogen) atoms. The molecule has 0 radical (unpaired) electrons. The van der Waals surface area contributed by atoms with E-state index in [1.807, 2.05) is 0 Å². The number of benzene rings is 7. The Labute approximate surface area is 352 Å². The maximum absolute atomic E-state index is 7.48. The molecule has 0 amide bonds. The fraction of sp³-hybridized carbons (Fsp3) is 0.143. The molecule has 1 nitrogen and oxygen atoms in total. The maximum atomic E-state index is 7.48. The van der Waals surface area contributed by atoms with Gasteiger partial charge in [0.25, 0.3) is 8.32 Å². The second-order valence-corrected chi connectivity index (χ2v) is 17.8. The molecule has 0 spiro atoms. The van der Waals surface area contributed by atoms with Crippen molar-refractivity contribution in [3.05, 3.63) is 209 Å². The van der Waals surface area contributed by atoms with Crippen LogP contribution in [0.3, 0.4) is 0 Å². The molecule has 0 aromatic heterocycles. The Morgan fingerprint density at radius 2 is 0.833 bits per heavy atom. The van der Waals surface area contributed by atoms with Crippen molar-refractivity contribution in [2.75, 3.05) is 6.61 Å². The van der Waals surface area contributed by atoms with Crippen LogP contribution < -0.4 is 40.4 Å². The average molecular weight is 837 g/mol. The topological polar surface area (TPSA) is 9.23 Å². The predicted octanol–water partition coefficient (Wildman–Crippen LogP) is 3.60. The first-order chi connectivity index (χ1) is 25.2. The summed E-state index contributed by atoms with van der Waals surface area (Å²) in [6.45, 7) is 3.19. The molecular weight excluding hydrogens is 795 g/mol. The average Bonchev–Trinajstić information content (AvgIpc) is 3.78. The first kappa shape index (κ1) is 39.9. The fourth-order valence-corrected chi connectivity index (χ4v) is 13.1. The summed E-state index contributed by atoms with van der Waals surface area (Å²) in [5.41, 5.74) is 14.1. The molecule has 9 rings (SSSR count). The number of halogens is 2. The minimum Gasteiger partial charge on any atom is -1.00 e. The van der Waals surface area contributed by atoms with E-state index in [1.54, 1.807) is 0 Å². The van der Waals surface area contributed by atoms with Crippen LogP contribution in [0, 0.1) is 0 Å². The molecule has 0 bridgehead atoms. The van der Waals surface area contributed by atoms with E-state index < -0.39 is 8.32 Å². The molecule has 7 aromatic carbocycles. The summed E-state index contributed by atoms with van der Waals surface area (Å²) in [7, 11) is -2.80. The van der Waals surface area contributed by atoms with Gasteiger partial charge in [-0.3, -0.25) is 0 Å². The Morgan fingerprint density at radius 3 is 1.26 bits per heavy atom. The molecule has 0 saturated heterocycles. The van der Waals surface area contributed by atoms with Gasteiger partial charge in [0, 0.05) is 12.0 Å². The van der Waals surface area contributed by atoms with Crippen LogP contribution in [0.25, 0.3) is 22.3 Å². The summed E-state index contributed by atoms with van der Waals surface area (Å²) < 4.78 is 7.48. The monoisotopic (exact) mass is 834 g/mol. The van der Waals surface area contributed by atoms with E-state index in [2.05, 4.69) is 183 Å². The molecule has 2 aliphatic carbocycles. The molecule has 0 atom stereocenters. The van der Waals surface area contributed by atoms with Crippen molar-refractivity contribution in [1.29, 1.82) is 0 Å². The molecule has 7 aromatic rings. The molecule has 266 valence electrons. The number of fused-ring (bicyclic) bond motifs is 6. The molecule has 5 heteroatoms. The van der Waals surface area contributed by atoms with Gasteiger partial charge in [-0.1, -0.05) is 183 Å². The van der Waals surface area contributed by atoms with Crippen molar-refractivity contribution in [2.45, 2.75) is 38.0 Å². The number of hydrogen-bond acceptors (Lipinski definition) is 1. The van der Waals surface area contributed by atoms with Gasteiger partial charge in [-0.15, -0.1) is 0 Å². The maximum Gasteiger partial charge on any atom is 2.00 e. The molecular formula is C49H42Cl2OSiZr. The Hall–Kier alpha value is -3.82. The van der Waals surface area contributed by atoms with Crippen molar-refractivity contribution < 1.29 is 55.4 Å². The van der Waals surface area contributed by atoms with E-state index in [1.165, 1.54) is 71.2 Å². The third-order valence-corrected chi connectivity index (χ3v) is 15.6. The normalized spacial score (nSPS) is 12.2. The fourth-order valence-electron chi connectivity index (χ4n) is 9.18. The van der Waals surface area contributed by atoms with Crippen molar-refractivity contribution in [3.8, 4) is 22.3 Å². The SMILES string of the molecule is CC(CCCO[Si](c1ccccc1)(c1ccccc1)c1ccccc1)(c1cccc2c1Cc1ccccc1-2)c1cccc2c1Cc1ccccc1-2.[Cl-].[Cl-].[Zr+2]. The van der Waals surface area contributed by atoms with Crippen LogP contribution in [0.2, 0.25) is 0 Å². The molecule has 0 unspecified atom stereocenters. The Bertz CT molecular complexity index is 2150. The van der Waals surface area contributed by atoms with E-state index in [-0.39, 0.29) is 56.4 Å². The molecule has 0 N–H and O–H groups in total. The molecule has 0 aliphatic heterocycles. The quantitative estimate of drug-likeness (QED) is 0.116.